The lowest BCUT2D eigenvalue weighted by Gasteiger charge is -2.42. The number of hydrogen-bond donors (Lipinski definition) is 0. The molecule has 1 aliphatic heterocycles. The van der Waals surface area contributed by atoms with E-state index in [1.807, 2.05) is 0 Å². The van der Waals surface area contributed by atoms with Crippen molar-refractivity contribution in [2.45, 2.75) is 23.8 Å². The van der Waals surface area contributed by atoms with Gasteiger partial charge in [-0.2, -0.15) is 0 Å². The summed E-state index contributed by atoms with van der Waals surface area (Å²) < 4.78 is 0.0245. The first-order valence-corrected chi connectivity index (χ1v) is 8.08. The summed E-state index contributed by atoms with van der Waals surface area (Å²) >= 11 is 2.06. The van der Waals surface area contributed by atoms with E-state index in [9.17, 15) is 0 Å². The molecule has 0 spiro atoms. The van der Waals surface area contributed by atoms with Crippen molar-refractivity contribution < 1.29 is 0 Å². The number of benzene rings is 2. The summed E-state index contributed by atoms with van der Waals surface area (Å²) in [6.07, 6.45) is 4.71. The SMILES string of the molecule is C[C@@H]1C=C[C@@H](C)C(c2ccccc2)(c2ccccc2)S1. The van der Waals surface area contributed by atoms with E-state index in [-0.39, 0.29) is 4.75 Å². The van der Waals surface area contributed by atoms with Gasteiger partial charge >= 0.3 is 0 Å². The van der Waals surface area contributed by atoms with Crippen LogP contribution in [0.15, 0.2) is 72.8 Å². The van der Waals surface area contributed by atoms with Crippen molar-refractivity contribution in [2.75, 3.05) is 0 Å². The molecule has 2 aromatic rings. The molecule has 0 unspecified atom stereocenters. The Morgan fingerprint density at radius 1 is 0.750 bits per heavy atom. The van der Waals surface area contributed by atoms with Crippen LogP contribution >= 0.6 is 11.8 Å². The lowest BCUT2D eigenvalue weighted by Crippen LogP contribution is -2.34. The van der Waals surface area contributed by atoms with Crippen LogP contribution in [0.5, 0.6) is 0 Å². The smallest absolute Gasteiger partial charge is 0.0722 e. The summed E-state index contributed by atoms with van der Waals surface area (Å²) in [5, 5.41) is 0.534. The third kappa shape index (κ3) is 2.20. The molecule has 1 heteroatoms. The summed E-state index contributed by atoms with van der Waals surface area (Å²) in [7, 11) is 0. The molecule has 20 heavy (non-hydrogen) atoms. The van der Waals surface area contributed by atoms with Gasteiger partial charge in [0.1, 0.15) is 0 Å². The molecule has 0 saturated heterocycles. The zero-order chi connectivity index (χ0) is 14.0. The number of hydrogen-bond acceptors (Lipinski definition) is 1. The van der Waals surface area contributed by atoms with Crippen molar-refractivity contribution in [3.63, 3.8) is 0 Å². The molecule has 1 aliphatic rings. The van der Waals surface area contributed by atoms with Crippen LogP contribution in [0, 0.1) is 5.92 Å². The molecule has 0 bridgehead atoms. The molecule has 2 atom stereocenters. The first-order valence-electron chi connectivity index (χ1n) is 7.20. The molecule has 0 N–H and O–H groups in total. The Kier molecular flexibility index (Phi) is 3.71. The lowest BCUT2D eigenvalue weighted by atomic mass is 9.80. The average Bonchev–Trinajstić information content (AvgIpc) is 2.51. The van der Waals surface area contributed by atoms with E-state index in [4.69, 9.17) is 0 Å². The minimum absolute atomic E-state index is 0.0245. The summed E-state index contributed by atoms with van der Waals surface area (Å²) in [4.78, 5) is 0. The Morgan fingerprint density at radius 3 is 1.75 bits per heavy atom. The zero-order valence-corrected chi connectivity index (χ0v) is 12.8. The van der Waals surface area contributed by atoms with Gasteiger partial charge in [-0.3, -0.25) is 0 Å². The Labute approximate surface area is 125 Å². The predicted octanol–water partition coefficient (Wildman–Crippen LogP) is 5.26. The highest BCUT2D eigenvalue weighted by atomic mass is 32.2. The van der Waals surface area contributed by atoms with E-state index < -0.39 is 0 Å². The molecule has 0 nitrogen and oxygen atoms in total. The molecule has 102 valence electrons. The van der Waals surface area contributed by atoms with Crippen molar-refractivity contribution >= 4 is 11.8 Å². The van der Waals surface area contributed by atoms with Crippen LogP contribution in [0.1, 0.15) is 25.0 Å². The van der Waals surface area contributed by atoms with Crippen LogP contribution < -0.4 is 0 Å². The van der Waals surface area contributed by atoms with Crippen LogP contribution in [-0.2, 0) is 4.75 Å². The number of thioether (sulfide) groups is 1. The Hall–Kier alpha value is -1.47. The number of allylic oxidation sites excluding steroid dienone is 1. The van der Waals surface area contributed by atoms with E-state index in [0.29, 0.717) is 11.2 Å². The third-order valence-corrected chi connectivity index (χ3v) is 5.83. The monoisotopic (exact) mass is 280 g/mol. The van der Waals surface area contributed by atoms with Gasteiger partial charge in [-0.1, -0.05) is 79.7 Å². The van der Waals surface area contributed by atoms with E-state index >= 15 is 0 Å². The van der Waals surface area contributed by atoms with Crippen LogP contribution in [-0.4, -0.2) is 5.25 Å². The van der Waals surface area contributed by atoms with Crippen LogP contribution in [0.3, 0.4) is 0 Å². The lowest BCUT2D eigenvalue weighted by molar-refractivity contribution is 0.561. The predicted molar refractivity (Wildman–Crippen MR) is 89.0 cm³/mol. The van der Waals surface area contributed by atoms with E-state index in [0.717, 1.165) is 0 Å². The molecule has 0 amide bonds. The van der Waals surface area contributed by atoms with Gasteiger partial charge in [0.05, 0.1) is 4.75 Å². The van der Waals surface area contributed by atoms with E-state index in [1.54, 1.807) is 0 Å². The van der Waals surface area contributed by atoms with Gasteiger partial charge in [0, 0.05) is 5.25 Å². The maximum absolute atomic E-state index is 2.38. The van der Waals surface area contributed by atoms with Gasteiger partial charge in [0.15, 0.2) is 0 Å². The van der Waals surface area contributed by atoms with Crippen molar-refractivity contribution in [1.82, 2.24) is 0 Å². The van der Waals surface area contributed by atoms with Gasteiger partial charge in [-0.15, -0.1) is 11.8 Å². The van der Waals surface area contributed by atoms with Crippen LogP contribution in [0.25, 0.3) is 0 Å². The fourth-order valence-corrected chi connectivity index (χ4v) is 4.69. The maximum atomic E-state index is 2.38. The summed E-state index contributed by atoms with van der Waals surface area (Å²) in [5.41, 5.74) is 2.81. The molecule has 0 aliphatic carbocycles. The first kappa shape index (κ1) is 13.5. The van der Waals surface area contributed by atoms with Gasteiger partial charge in [-0.25, -0.2) is 0 Å². The topological polar surface area (TPSA) is 0 Å². The zero-order valence-electron chi connectivity index (χ0n) is 12.0. The standard InChI is InChI=1S/C19H20S/c1-15-13-14-16(2)20-19(15,17-9-5-3-6-10-17)18-11-7-4-8-12-18/h3-16H,1-2H3/t15-,16-/m1/s1. The second-order valence-electron chi connectivity index (χ2n) is 5.46. The maximum Gasteiger partial charge on any atom is 0.0722 e. The molecule has 1 heterocycles. The molecular formula is C19H20S. The Bertz CT molecular complexity index is 546. The summed E-state index contributed by atoms with van der Waals surface area (Å²) in [6.45, 7) is 4.61. The Balaban J connectivity index is 2.21. The fraction of sp³-hybridized carbons (Fsp3) is 0.263. The molecule has 2 aromatic carbocycles. The fourth-order valence-electron chi connectivity index (χ4n) is 3.10. The van der Waals surface area contributed by atoms with Crippen molar-refractivity contribution in [2.24, 2.45) is 5.92 Å². The molecule has 0 saturated carbocycles. The number of rotatable bonds is 2. The van der Waals surface area contributed by atoms with Gasteiger partial charge in [0.25, 0.3) is 0 Å². The largest absolute Gasteiger partial charge is 0.138 e. The molecule has 0 fully saturated rings. The van der Waals surface area contributed by atoms with Crippen LogP contribution in [0.2, 0.25) is 0 Å². The minimum Gasteiger partial charge on any atom is -0.138 e. The summed E-state index contributed by atoms with van der Waals surface area (Å²) in [6, 6.07) is 21.9. The van der Waals surface area contributed by atoms with Crippen LogP contribution in [0.4, 0.5) is 0 Å². The minimum atomic E-state index is 0.0245. The first-order chi connectivity index (χ1) is 9.73. The summed E-state index contributed by atoms with van der Waals surface area (Å²) in [5.74, 6) is 0.480. The van der Waals surface area contributed by atoms with Crippen molar-refractivity contribution in [3.8, 4) is 0 Å². The quantitative estimate of drug-likeness (QED) is 0.676. The average molecular weight is 280 g/mol. The normalized spacial score (nSPS) is 24.5. The molecule has 3 rings (SSSR count). The molecule has 0 aromatic heterocycles. The second-order valence-corrected chi connectivity index (χ2v) is 7.09. The molecule has 0 radical (unpaired) electrons. The second kappa shape index (κ2) is 5.49. The highest BCUT2D eigenvalue weighted by molar-refractivity contribution is 8.01. The van der Waals surface area contributed by atoms with Crippen molar-refractivity contribution in [3.05, 3.63) is 83.9 Å². The molecular weight excluding hydrogens is 260 g/mol. The van der Waals surface area contributed by atoms with Gasteiger partial charge in [-0.05, 0) is 24.0 Å². The Morgan fingerprint density at radius 2 is 1.25 bits per heavy atom. The highest BCUT2D eigenvalue weighted by Gasteiger charge is 2.42. The highest BCUT2D eigenvalue weighted by Crippen LogP contribution is 2.53. The van der Waals surface area contributed by atoms with Gasteiger partial charge in [0.2, 0.25) is 0 Å². The van der Waals surface area contributed by atoms with Gasteiger partial charge < -0.3 is 0 Å². The third-order valence-electron chi connectivity index (χ3n) is 4.09. The van der Waals surface area contributed by atoms with E-state index in [1.165, 1.54) is 11.1 Å². The van der Waals surface area contributed by atoms with Crippen molar-refractivity contribution in [1.29, 1.82) is 0 Å². The van der Waals surface area contributed by atoms with E-state index in [2.05, 4.69) is 98.4 Å².